The predicted molar refractivity (Wildman–Crippen MR) is 74.1 cm³/mol. The third-order valence-corrected chi connectivity index (χ3v) is 3.06. The van der Waals surface area contributed by atoms with E-state index < -0.39 is 11.6 Å². The molecule has 0 aliphatic carbocycles. The molecule has 0 bridgehead atoms. The molecule has 3 heteroatoms. The molecule has 0 amide bonds. The summed E-state index contributed by atoms with van der Waals surface area (Å²) in [6.45, 7) is 2.05. The molecule has 2 rings (SSSR count). The molecule has 19 heavy (non-hydrogen) atoms. The molecule has 0 aliphatic heterocycles. The Morgan fingerprint density at radius 3 is 2.16 bits per heavy atom. The van der Waals surface area contributed by atoms with Crippen molar-refractivity contribution in [2.24, 2.45) is 0 Å². The normalized spacial score (nSPS) is 12.2. The van der Waals surface area contributed by atoms with Gasteiger partial charge in [-0.25, -0.2) is 8.78 Å². The van der Waals surface area contributed by atoms with E-state index in [-0.39, 0.29) is 11.7 Å². The van der Waals surface area contributed by atoms with E-state index in [4.69, 9.17) is 0 Å². The minimum Gasteiger partial charge on any atom is -0.373 e. The molecule has 0 saturated carbocycles. The number of rotatable bonds is 5. The largest absolute Gasteiger partial charge is 0.373 e. The monoisotopic (exact) mass is 261 g/mol. The molecule has 0 fully saturated rings. The lowest BCUT2D eigenvalue weighted by Gasteiger charge is -2.20. The first-order valence-corrected chi connectivity index (χ1v) is 6.48. The zero-order valence-corrected chi connectivity index (χ0v) is 10.9. The van der Waals surface area contributed by atoms with Crippen LogP contribution in [0.5, 0.6) is 0 Å². The van der Waals surface area contributed by atoms with Crippen LogP contribution in [0.25, 0.3) is 0 Å². The average Bonchev–Trinajstić information content (AvgIpc) is 2.43. The van der Waals surface area contributed by atoms with Crippen LogP contribution in [0, 0.1) is 11.6 Å². The van der Waals surface area contributed by atoms with Crippen LogP contribution in [0.15, 0.2) is 48.5 Å². The van der Waals surface area contributed by atoms with E-state index in [1.54, 1.807) is 0 Å². The minimum atomic E-state index is -0.558. The second kappa shape index (κ2) is 6.32. The van der Waals surface area contributed by atoms with Crippen LogP contribution in [-0.2, 0) is 0 Å². The van der Waals surface area contributed by atoms with Gasteiger partial charge in [-0.1, -0.05) is 49.7 Å². The van der Waals surface area contributed by atoms with Gasteiger partial charge in [0, 0.05) is 0 Å². The summed E-state index contributed by atoms with van der Waals surface area (Å²) >= 11 is 0. The Balaban J connectivity index is 2.27. The van der Waals surface area contributed by atoms with E-state index in [0.29, 0.717) is 0 Å². The van der Waals surface area contributed by atoms with Gasteiger partial charge in [-0.15, -0.1) is 0 Å². The zero-order chi connectivity index (χ0) is 13.7. The van der Waals surface area contributed by atoms with Crippen LogP contribution >= 0.6 is 0 Å². The van der Waals surface area contributed by atoms with Crippen LogP contribution < -0.4 is 5.32 Å². The fraction of sp³-hybridized carbons (Fsp3) is 0.250. The van der Waals surface area contributed by atoms with Crippen LogP contribution in [0.3, 0.4) is 0 Å². The number of nitrogens with one attached hydrogen (secondary N) is 1. The number of benzene rings is 2. The van der Waals surface area contributed by atoms with Crippen molar-refractivity contribution in [2.75, 3.05) is 5.32 Å². The Morgan fingerprint density at radius 2 is 1.58 bits per heavy atom. The minimum absolute atomic E-state index is 0.0511. The number of hydrogen-bond donors (Lipinski definition) is 1. The quantitative estimate of drug-likeness (QED) is 0.805. The molecule has 1 nitrogen and oxygen atoms in total. The molecular weight excluding hydrogens is 244 g/mol. The number of para-hydroxylation sites is 1. The lowest BCUT2D eigenvalue weighted by molar-refractivity contribution is 0.576. The third kappa shape index (κ3) is 3.31. The van der Waals surface area contributed by atoms with Crippen LogP contribution in [-0.4, -0.2) is 0 Å². The molecular formula is C16H17F2N. The van der Waals surface area contributed by atoms with Crippen molar-refractivity contribution in [1.82, 2.24) is 0 Å². The second-order valence-corrected chi connectivity index (χ2v) is 4.49. The Labute approximate surface area is 112 Å². The molecule has 0 spiro atoms. The van der Waals surface area contributed by atoms with E-state index in [9.17, 15) is 8.78 Å². The van der Waals surface area contributed by atoms with E-state index in [2.05, 4.69) is 12.2 Å². The van der Waals surface area contributed by atoms with Crippen LogP contribution in [0.1, 0.15) is 31.4 Å². The third-order valence-electron chi connectivity index (χ3n) is 3.06. The fourth-order valence-corrected chi connectivity index (χ4v) is 2.11. The first-order chi connectivity index (χ1) is 9.22. The van der Waals surface area contributed by atoms with Gasteiger partial charge in [0.15, 0.2) is 0 Å². The highest BCUT2D eigenvalue weighted by atomic mass is 19.1. The van der Waals surface area contributed by atoms with E-state index in [0.717, 1.165) is 18.4 Å². The van der Waals surface area contributed by atoms with Gasteiger partial charge in [-0.2, -0.15) is 0 Å². The Bertz CT molecular complexity index is 505. The predicted octanol–water partition coefficient (Wildman–Crippen LogP) is 4.92. The van der Waals surface area contributed by atoms with E-state index in [1.165, 1.54) is 18.2 Å². The van der Waals surface area contributed by atoms with Gasteiger partial charge in [-0.3, -0.25) is 0 Å². The molecule has 1 N–H and O–H groups in total. The number of hydrogen-bond acceptors (Lipinski definition) is 1. The summed E-state index contributed by atoms with van der Waals surface area (Å²) in [5.41, 5.74) is 0.983. The number of halogens is 2. The van der Waals surface area contributed by atoms with Gasteiger partial charge in [0.25, 0.3) is 0 Å². The second-order valence-electron chi connectivity index (χ2n) is 4.49. The van der Waals surface area contributed by atoms with Crippen molar-refractivity contribution in [2.45, 2.75) is 25.8 Å². The standard InChI is InChI=1S/C16H17F2N/c1-2-7-15(12-8-4-3-5-9-12)19-16-13(17)10-6-11-14(16)18/h3-6,8-11,15,19H,2,7H2,1H3. The van der Waals surface area contributed by atoms with Crippen molar-refractivity contribution in [3.05, 3.63) is 65.7 Å². The van der Waals surface area contributed by atoms with Gasteiger partial charge in [-0.05, 0) is 24.1 Å². The SMILES string of the molecule is CCCC(Nc1c(F)cccc1F)c1ccccc1. The molecule has 1 unspecified atom stereocenters. The molecule has 0 aliphatic rings. The molecule has 0 radical (unpaired) electrons. The topological polar surface area (TPSA) is 12.0 Å². The summed E-state index contributed by atoms with van der Waals surface area (Å²) in [5, 5.41) is 2.98. The zero-order valence-electron chi connectivity index (χ0n) is 10.9. The van der Waals surface area contributed by atoms with E-state index >= 15 is 0 Å². The highest BCUT2D eigenvalue weighted by Crippen LogP contribution is 2.27. The van der Waals surface area contributed by atoms with Gasteiger partial charge in [0.2, 0.25) is 0 Å². The van der Waals surface area contributed by atoms with Crippen LogP contribution in [0.4, 0.5) is 14.5 Å². The molecule has 0 aromatic heterocycles. The smallest absolute Gasteiger partial charge is 0.149 e. The Kier molecular flexibility index (Phi) is 4.50. The summed E-state index contributed by atoms with van der Waals surface area (Å²) in [6.07, 6.45) is 1.75. The Hall–Kier alpha value is -1.90. The highest BCUT2D eigenvalue weighted by molar-refractivity contribution is 5.48. The molecule has 0 heterocycles. The summed E-state index contributed by atoms with van der Waals surface area (Å²) < 4.78 is 27.3. The molecule has 2 aromatic rings. The summed E-state index contributed by atoms with van der Waals surface area (Å²) in [5.74, 6) is -1.12. The average molecular weight is 261 g/mol. The maximum Gasteiger partial charge on any atom is 0.149 e. The first-order valence-electron chi connectivity index (χ1n) is 6.48. The lowest BCUT2D eigenvalue weighted by Crippen LogP contribution is -2.12. The molecule has 1 atom stereocenters. The summed E-state index contributed by atoms with van der Waals surface area (Å²) in [6, 6.07) is 13.5. The van der Waals surface area contributed by atoms with Gasteiger partial charge >= 0.3 is 0 Å². The van der Waals surface area contributed by atoms with Gasteiger partial charge in [0.1, 0.15) is 17.3 Å². The van der Waals surface area contributed by atoms with Crippen molar-refractivity contribution in [3.8, 4) is 0 Å². The maximum absolute atomic E-state index is 13.7. The molecule has 2 aromatic carbocycles. The van der Waals surface area contributed by atoms with Gasteiger partial charge in [0.05, 0.1) is 6.04 Å². The fourth-order valence-electron chi connectivity index (χ4n) is 2.11. The molecule has 100 valence electrons. The lowest BCUT2D eigenvalue weighted by atomic mass is 10.0. The van der Waals surface area contributed by atoms with Crippen LogP contribution in [0.2, 0.25) is 0 Å². The van der Waals surface area contributed by atoms with Crippen molar-refractivity contribution >= 4 is 5.69 Å². The summed E-state index contributed by atoms with van der Waals surface area (Å²) in [7, 11) is 0. The number of anilines is 1. The summed E-state index contributed by atoms with van der Waals surface area (Å²) in [4.78, 5) is 0. The Morgan fingerprint density at radius 1 is 0.947 bits per heavy atom. The first kappa shape index (κ1) is 13.5. The van der Waals surface area contributed by atoms with E-state index in [1.807, 2.05) is 30.3 Å². The maximum atomic E-state index is 13.7. The van der Waals surface area contributed by atoms with Crippen molar-refractivity contribution in [3.63, 3.8) is 0 Å². The van der Waals surface area contributed by atoms with Crippen molar-refractivity contribution in [1.29, 1.82) is 0 Å². The molecule has 0 saturated heterocycles. The highest BCUT2D eigenvalue weighted by Gasteiger charge is 2.15. The van der Waals surface area contributed by atoms with Gasteiger partial charge < -0.3 is 5.32 Å². The van der Waals surface area contributed by atoms with Crippen molar-refractivity contribution < 1.29 is 8.78 Å².